The maximum absolute atomic E-state index is 5.32. The molecular formula is C21H37NO. The van der Waals surface area contributed by atoms with E-state index in [0.717, 1.165) is 26.3 Å². The Morgan fingerprint density at radius 3 is 2.04 bits per heavy atom. The Balaban J connectivity index is 1.86. The van der Waals surface area contributed by atoms with E-state index in [4.69, 9.17) is 4.74 Å². The highest BCUT2D eigenvalue weighted by atomic mass is 16.5. The van der Waals surface area contributed by atoms with E-state index in [9.17, 15) is 0 Å². The summed E-state index contributed by atoms with van der Waals surface area (Å²) in [6.07, 6.45) is 26.9. The summed E-state index contributed by atoms with van der Waals surface area (Å²) in [4.78, 5) is 2.31. The van der Waals surface area contributed by atoms with Crippen molar-refractivity contribution in [2.45, 2.75) is 71.1 Å². The van der Waals surface area contributed by atoms with Gasteiger partial charge in [0.1, 0.15) is 0 Å². The number of unbranched alkanes of at least 4 members (excludes halogenated alkanes) is 9. The number of hydrogen-bond donors (Lipinski definition) is 0. The summed E-state index contributed by atoms with van der Waals surface area (Å²) in [6, 6.07) is 0. The highest BCUT2D eigenvalue weighted by Gasteiger charge is 2.03. The summed E-state index contributed by atoms with van der Waals surface area (Å²) >= 11 is 0. The van der Waals surface area contributed by atoms with Crippen LogP contribution in [0.3, 0.4) is 0 Å². The van der Waals surface area contributed by atoms with Gasteiger partial charge < -0.3 is 9.64 Å². The van der Waals surface area contributed by atoms with E-state index in [0.29, 0.717) is 0 Å². The van der Waals surface area contributed by atoms with Crippen molar-refractivity contribution in [3.8, 4) is 0 Å². The first kappa shape index (κ1) is 20.0. The van der Waals surface area contributed by atoms with Gasteiger partial charge in [0.2, 0.25) is 0 Å². The van der Waals surface area contributed by atoms with Crippen LogP contribution in [0.2, 0.25) is 0 Å². The lowest BCUT2D eigenvalue weighted by Crippen LogP contribution is -2.31. The molecule has 0 atom stereocenters. The van der Waals surface area contributed by atoms with Crippen molar-refractivity contribution in [1.29, 1.82) is 0 Å². The minimum atomic E-state index is 0.854. The summed E-state index contributed by atoms with van der Waals surface area (Å²) < 4.78 is 5.32. The second kappa shape index (κ2) is 15.9. The fourth-order valence-corrected chi connectivity index (χ4v) is 2.77. The molecule has 1 heterocycles. The van der Waals surface area contributed by atoms with Crippen molar-refractivity contribution in [2.24, 2.45) is 0 Å². The van der Waals surface area contributed by atoms with Gasteiger partial charge in [-0.25, -0.2) is 0 Å². The number of allylic oxidation sites excluding steroid dienone is 5. The second-order valence-corrected chi connectivity index (χ2v) is 6.42. The maximum atomic E-state index is 5.32. The molecule has 0 N–H and O–H groups in total. The van der Waals surface area contributed by atoms with E-state index in [2.05, 4.69) is 48.4 Å². The van der Waals surface area contributed by atoms with Gasteiger partial charge in [0.25, 0.3) is 0 Å². The molecular weight excluding hydrogens is 282 g/mol. The van der Waals surface area contributed by atoms with Gasteiger partial charge in [-0.2, -0.15) is 0 Å². The first-order valence-electron chi connectivity index (χ1n) is 9.75. The summed E-state index contributed by atoms with van der Waals surface area (Å²) in [5, 5.41) is 0. The van der Waals surface area contributed by atoms with E-state index in [1.807, 2.05) is 0 Å². The lowest BCUT2D eigenvalue weighted by atomic mass is 10.1. The van der Waals surface area contributed by atoms with Gasteiger partial charge in [0, 0.05) is 13.1 Å². The van der Waals surface area contributed by atoms with Gasteiger partial charge in [-0.05, 0) is 25.1 Å². The zero-order valence-electron chi connectivity index (χ0n) is 15.2. The van der Waals surface area contributed by atoms with Crippen molar-refractivity contribution >= 4 is 0 Å². The van der Waals surface area contributed by atoms with Crippen LogP contribution in [0.4, 0.5) is 0 Å². The molecule has 0 spiro atoms. The molecule has 0 saturated carbocycles. The van der Waals surface area contributed by atoms with E-state index in [-0.39, 0.29) is 0 Å². The maximum Gasteiger partial charge on any atom is 0.0642 e. The van der Waals surface area contributed by atoms with Crippen LogP contribution in [0.15, 0.2) is 36.6 Å². The molecule has 1 saturated heterocycles. The third-order valence-electron chi connectivity index (χ3n) is 4.29. The average molecular weight is 320 g/mol. The SMILES string of the molecule is CCCCCCCCCCC/C=C/C=C/C=C/N1CCOCC1. The van der Waals surface area contributed by atoms with Gasteiger partial charge in [-0.1, -0.05) is 82.6 Å². The summed E-state index contributed by atoms with van der Waals surface area (Å²) in [5.41, 5.74) is 0. The van der Waals surface area contributed by atoms with Crippen LogP contribution in [0, 0.1) is 0 Å². The lowest BCUT2D eigenvalue weighted by molar-refractivity contribution is 0.0594. The Kier molecular flexibility index (Phi) is 13.8. The molecule has 0 bridgehead atoms. The average Bonchev–Trinajstić information content (AvgIpc) is 2.59. The standard InChI is InChI=1S/C21H37NO/c1-2-3-4-5-6-7-8-9-10-11-12-13-14-15-16-17-22-18-20-23-21-19-22/h12-17H,2-11,18-21H2,1H3/b13-12+,15-14+,17-16+. The molecule has 2 nitrogen and oxygen atoms in total. The minimum absolute atomic E-state index is 0.854. The molecule has 0 aliphatic carbocycles. The molecule has 1 rings (SSSR count). The first-order chi connectivity index (χ1) is 11.4. The van der Waals surface area contributed by atoms with Crippen LogP contribution in [-0.2, 0) is 4.74 Å². The van der Waals surface area contributed by atoms with E-state index >= 15 is 0 Å². The molecule has 0 amide bonds. The van der Waals surface area contributed by atoms with Crippen molar-refractivity contribution < 1.29 is 4.74 Å². The Labute approximate surface area is 144 Å². The predicted octanol–water partition coefficient (Wildman–Crippen LogP) is 5.87. The van der Waals surface area contributed by atoms with Crippen molar-refractivity contribution in [3.05, 3.63) is 36.6 Å². The van der Waals surface area contributed by atoms with Crippen LogP contribution in [0.1, 0.15) is 71.1 Å². The third kappa shape index (κ3) is 13.1. The largest absolute Gasteiger partial charge is 0.378 e. The van der Waals surface area contributed by atoms with Crippen LogP contribution in [0.25, 0.3) is 0 Å². The Morgan fingerprint density at radius 1 is 0.739 bits per heavy atom. The second-order valence-electron chi connectivity index (χ2n) is 6.42. The van der Waals surface area contributed by atoms with Crippen LogP contribution in [-0.4, -0.2) is 31.2 Å². The zero-order valence-corrected chi connectivity index (χ0v) is 15.2. The van der Waals surface area contributed by atoms with Gasteiger partial charge >= 0.3 is 0 Å². The zero-order chi connectivity index (χ0) is 16.4. The fraction of sp³-hybridized carbons (Fsp3) is 0.714. The third-order valence-corrected chi connectivity index (χ3v) is 4.29. The first-order valence-corrected chi connectivity index (χ1v) is 9.75. The quantitative estimate of drug-likeness (QED) is 0.311. The van der Waals surface area contributed by atoms with Crippen molar-refractivity contribution in [2.75, 3.05) is 26.3 Å². The molecule has 23 heavy (non-hydrogen) atoms. The molecule has 0 aromatic carbocycles. The van der Waals surface area contributed by atoms with Crippen LogP contribution < -0.4 is 0 Å². The highest BCUT2D eigenvalue weighted by Crippen LogP contribution is 2.10. The number of rotatable bonds is 13. The van der Waals surface area contributed by atoms with Gasteiger partial charge in [0.05, 0.1) is 13.2 Å². The Bertz CT molecular complexity index is 327. The molecule has 1 aliphatic rings. The Morgan fingerprint density at radius 2 is 1.35 bits per heavy atom. The van der Waals surface area contributed by atoms with Crippen LogP contribution >= 0.6 is 0 Å². The smallest absolute Gasteiger partial charge is 0.0642 e. The molecule has 132 valence electrons. The molecule has 1 aliphatic heterocycles. The number of morpholine rings is 1. The fourth-order valence-electron chi connectivity index (χ4n) is 2.77. The minimum Gasteiger partial charge on any atom is -0.378 e. The Hall–Kier alpha value is -1.02. The predicted molar refractivity (Wildman–Crippen MR) is 102 cm³/mol. The topological polar surface area (TPSA) is 12.5 Å². The highest BCUT2D eigenvalue weighted by molar-refractivity contribution is 5.10. The molecule has 0 unspecified atom stereocenters. The number of nitrogens with zero attached hydrogens (tertiary/aromatic N) is 1. The van der Waals surface area contributed by atoms with Crippen LogP contribution in [0.5, 0.6) is 0 Å². The lowest BCUT2D eigenvalue weighted by Gasteiger charge is -2.24. The number of ether oxygens (including phenoxy) is 1. The molecule has 1 fully saturated rings. The number of hydrogen-bond acceptors (Lipinski definition) is 2. The summed E-state index contributed by atoms with van der Waals surface area (Å²) in [5.74, 6) is 0. The summed E-state index contributed by atoms with van der Waals surface area (Å²) in [6.45, 7) is 6.01. The van der Waals surface area contributed by atoms with Gasteiger partial charge in [-0.15, -0.1) is 0 Å². The van der Waals surface area contributed by atoms with E-state index in [1.54, 1.807) is 0 Å². The van der Waals surface area contributed by atoms with E-state index < -0.39 is 0 Å². The van der Waals surface area contributed by atoms with E-state index in [1.165, 1.54) is 64.2 Å². The van der Waals surface area contributed by atoms with Gasteiger partial charge in [0.15, 0.2) is 0 Å². The normalized spacial score (nSPS) is 16.3. The molecule has 0 aromatic rings. The molecule has 0 aromatic heterocycles. The van der Waals surface area contributed by atoms with Crippen molar-refractivity contribution in [1.82, 2.24) is 4.90 Å². The monoisotopic (exact) mass is 319 g/mol. The van der Waals surface area contributed by atoms with Gasteiger partial charge in [-0.3, -0.25) is 0 Å². The summed E-state index contributed by atoms with van der Waals surface area (Å²) in [7, 11) is 0. The molecule has 0 radical (unpaired) electrons. The van der Waals surface area contributed by atoms with Crippen molar-refractivity contribution in [3.63, 3.8) is 0 Å². The molecule has 2 heteroatoms.